The highest BCUT2D eigenvalue weighted by molar-refractivity contribution is 5.23. The maximum absolute atomic E-state index is 11.2. The predicted octanol–water partition coefficient (Wildman–Crippen LogP) is 18.4. The molecule has 120 heavy (non-hydrogen) atoms. The molecule has 624 valence electrons. The van der Waals surface area contributed by atoms with E-state index in [9.17, 15) is 5.11 Å². The molecule has 3 fully saturated rings. The van der Waals surface area contributed by atoms with Crippen LogP contribution in [0.2, 0.25) is 0 Å². The van der Waals surface area contributed by atoms with E-state index in [2.05, 4.69) is 48.5 Å². The molecule has 3 saturated heterocycles. The van der Waals surface area contributed by atoms with Gasteiger partial charge in [-0.3, -0.25) is 0 Å². The summed E-state index contributed by atoms with van der Waals surface area (Å²) in [6.07, 6.45) is -7.60. The molecule has 0 aliphatic carbocycles. The number of aliphatic hydroxyl groups excluding tert-OH is 1. The second-order valence-corrected chi connectivity index (χ2v) is 29.6. The van der Waals surface area contributed by atoms with Gasteiger partial charge >= 0.3 is 0 Å². The van der Waals surface area contributed by atoms with Crippen molar-refractivity contribution in [2.24, 2.45) is 0 Å². The van der Waals surface area contributed by atoms with Crippen molar-refractivity contribution in [1.82, 2.24) is 0 Å². The molecule has 0 saturated carbocycles. The molecule has 3 heterocycles. The van der Waals surface area contributed by atoms with Crippen LogP contribution in [0.15, 0.2) is 364 Å². The maximum Gasteiger partial charge on any atom is 0.186 e. The Bertz CT molecular complexity index is 4650. The van der Waals surface area contributed by atoms with Crippen LogP contribution >= 0.6 is 0 Å². The van der Waals surface area contributed by atoms with Gasteiger partial charge in [-0.2, -0.15) is 0 Å². The topological polar surface area (TPSA) is 168 Å². The molecule has 0 aromatic heterocycles. The van der Waals surface area contributed by atoms with Crippen molar-refractivity contribution in [3.63, 3.8) is 0 Å². The number of rotatable bonds is 40. The maximum atomic E-state index is 11.2. The van der Waals surface area contributed by atoms with Crippen molar-refractivity contribution in [2.45, 2.75) is 165 Å². The third kappa shape index (κ3) is 28.6. The van der Waals surface area contributed by atoms with Crippen LogP contribution in [0.4, 0.5) is 0 Å². The fraction of sp³-hybridized carbons (Fsp3) is 0.301. The summed E-state index contributed by atoms with van der Waals surface area (Å²) >= 11 is 0. The van der Waals surface area contributed by atoms with Crippen molar-refractivity contribution in [3.8, 4) is 0 Å². The van der Waals surface area contributed by atoms with Gasteiger partial charge in [-0.05, 0) is 66.8 Å². The van der Waals surface area contributed by atoms with E-state index in [0.29, 0.717) is 99.1 Å². The number of hydrogen-bond donors (Lipinski definition) is 1. The molecular formula is C103H110O17. The number of ether oxygens (including phenoxy) is 16. The zero-order valence-corrected chi connectivity index (χ0v) is 68.0. The van der Waals surface area contributed by atoms with Crippen molar-refractivity contribution < 1.29 is 80.9 Å². The first kappa shape index (κ1) is 87.8. The molecule has 17 nitrogen and oxygen atoms in total. The minimum Gasteiger partial charge on any atom is -0.374 e. The van der Waals surface area contributed by atoms with Gasteiger partial charge in [-0.15, -0.1) is 0 Å². The Hall–Kier alpha value is -10.0. The van der Waals surface area contributed by atoms with Gasteiger partial charge < -0.3 is 80.9 Å². The highest BCUT2D eigenvalue weighted by atomic mass is 16.7. The van der Waals surface area contributed by atoms with E-state index < -0.39 is 61.4 Å². The summed E-state index contributed by atoms with van der Waals surface area (Å²) in [7, 11) is 1.63. The Morgan fingerprint density at radius 1 is 0.225 bits per heavy atom. The Labute approximate surface area is 706 Å². The molecule has 12 aromatic carbocycles. The first-order valence-electron chi connectivity index (χ1n) is 41.3. The Morgan fingerprint density at radius 3 is 0.717 bits per heavy atom. The van der Waals surface area contributed by atoms with Crippen molar-refractivity contribution >= 4 is 0 Å². The van der Waals surface area contributed by atoms with E-state index in [-0.39, 0.29) is 31.0 Å². The largest absolute Gasteiger partial charge is 0.374 e. The van der Waals surface area contributed by atoms with Gasteiger partial charge in [-0.25, -0.2) is 0 Å². The minimum absolute atomic E-state index is 0.224. The molecule has 12 aromatic rings. The molecule has 15 rings (SSSR count). The molecule has 0 radical (unpaired) electrons. The second kappa shape index (κ2) is 49.6. The van der Waals surface area contributed by atoms with Crippen LogP contribution in [-0.2, 0) is 155 Å². The summed E-state index contributed by atoms with van der Waals surface area (Å²) in [6.45, 7) is 6.29. The van der Waals surface area contributed by atoms with Crippen LogP contribution in [0.5, 0.6) is 0 Å². The van der Waals surface area contributed by atoms with Gasteiger partial charge in [0, 0.05) is 7.11 Å². The summed E-state index contributed by atoms with van der Waals surface area (Å²) in [5.41, 5.74) is 12.8. The molecule has 1 N–H and O–H groups in total. The van der Waals surface area contributed by atoms with Crippen molar-refractivity contribution in [3.05, 3.63) is 431 Å². The number of aliphatic hydroxyl groups is 1. The van der Waals surface area contributed by atoms with Gasteiger partial charge in [0.05, 0.1) is 106 Å². The quantitative estimate of drug-likeness (QED) is 0.0385. The second-order valence-electron chi connectivity index (χ2n) is 29.6. The number of benzene rings is 12. The van der Waals surface area contributed by atoms with E-state index in [1.165, 1.54) is 0 Å². The van der Waals surface area contributed by atoms with Gasteiger partial charge in [0.15, 0.2) is 12.6 Å². The molecule has 14 atom stereocenters. The van der Waals surface area contributed by atoms with E-state index in [1.54, 1.807) is 7.11 Å². The van der Waals surface area contributed by atoms with E-state index in [0.717, 1.165) is 66.8 Å². The van der Waals surface area contributed by atoms with Crippen molar-refractivity contribution in [2.75, 3.05) is 33.5 Å². The zero-order chi connectivity index (χ0) is 82.1. The van der Waals surface area contributed by atoms with E-state index >= 15 is 0 Å². The molecular weight excluding hydrogens is 1510 g/mol. The molecule has 0 bridgehead atoms. The highest BCUT2D eigenvalue weighted by Gasteiger charge is 2.50. The van der Waals surface area contributed by atoms with Crippen LogP contribution in [0.1, 0.15) is 66.8 Å². The first-order valence-corrected chi connectivity index (χ1v) is 41.3. The molecule has 0 amide bonds. The fourth-order valence-electron chi connectivity index (χ4n) is 14.4. The summed E-state index contributed by atoms with van der Waals surface area (Å²) in [4.78, 5) is 0. The van der Waals surface area contributed by atoms with Gasteiger partial charge in [0.2, 0.25) is 0 Å². The van der Waals surface area contributed by atoms with Gasteiger partial charge in [-0.1, -0.05) is 364 Å². The lowest BCUT2D eigenvalue weighted by molar-refractivity contribution is -0.323. The Morgan fingerprint density at radius 2 is 0.433 bits per heavy atom. The van der Waals surface area contributed by atoms with Crippen molar-refractivity contribution in [1.29, 1.82) is 0 Å². The van der Waals surface area contributed by atoms with Crippen LogP contribution in [-0.4, -0.2) is 124 Å². The minimum atomic E-state index is -1.22. The molecule has 3 aliphatic rings. The molecule has 17 heteroatoms. The van der Waals surface area contributed by atoms with Crippen LogP contribution in [0, 0.1) is 0 Å². The standard InChI is InChI=1S/C35H38O6.C34H36O6.C34H36O5/c1-36-35-34(40-25-30-20-12-5-13-21-30)33(39-24-29-18-10-4-11-19-29)32(38-23-28-16-8-3-9-17-28)31(41-35)26-37-22-27-14-6-2-7-15-27;35-34-33(39-24-29-19-11-4-12-20-29)32(38-23-28-17-9-3-10-18-28)31(37-22-27-15-7-2-8-16-27)30(40-34)25-36-21-26-13-5-1-6-14-26;1-5-13-27(14-6-1)21-35-25-31-33(38-23-29-17-9-3-10-18-29)34(39-24-30-19-11-4-12-20-30)32(26-37-31)36-22-28-15-7-2-8-16-28/h2-21,31-35H,22-26H2,1H3;1-20,30-35H,21-25H2;1-20,31-34H,21-26H2. The average molecular weight is 1620 g/mol. The SMILES string of the molecule is COC1OC(COCc2ccccc2)C(OCc2ccccc2)C(OCc2ccccc2)C1OCc1ccccc1.OC1OC(COCc2ccccc2)C(OCc2ccccc2)C(OCc2ccccc2)C1OCc1ccccc1.c1ccc(COCC2OCC(OCc3ccccc3)C(OCc3ccccc3)C2OCc2ccccc2)cc1. The smallest absolute Gasteiger partial charge is 0.186 e. The van der Waals surface area contributed by atoms with Gasteiger partial charge in [0.25, 0.3) is 0 Å². The summed E-state index contributed by atoms with van der Waals surface area (Å²) in [5.74, 6) is 0. The monoisotopic (exact) mass is 1620 g/mol. The number of hydrogen-bond acceptors (Lipinski definition) is 17. The van der Waals surface area contributed by atoms with Gasteiger partial charge in [0.1, 0.15) is 73.2 Å². The lowest BCUT2D eigenvalue weighted by Crippen LogP contribution is -2.61. The summed E-state index contributed by atoms with van der Waals surface area (Å²) in [5, 5.41) is 11.2. The first-order chi connectivity index (χ1) is 59.4. The molecule has 14 unspecified atom stereocenters. The van der Waals surface area contributed by atoms with E-state index in [4.69, 9.17) is 75.8 Å². The van der Waals surface area contributed by atoms with Crippen LogP contribution in [0.3, 0.4) is 0 Å². The molecule has 3 aliphatic heterocycles. The average Bonchev–Trinajstić information content (AvgIpc) is 0.783. The predicted molar refractivity (Wildman–Crippen MR) is 460 cm³/mol. The Kier molecular flexibility index (Phi) is 36.3. The van der Waals surface area contributed by atoms with Crippen LogP contribution < -0.4 is 0 Å². The van der Waals surface area contributed by atoms with E-state index in [1.807, 2.05) is 315 Å². The third-order valence-electron chi connectivity index (χ3n) is 20.7. The zero-order valence-electron chi connectivity index (χ0n) is 68.0. The fourth-order valence-corrected chi connectivity index (χ4v) is 14.4. The lowest BCUT2D eigenvalue weighted by Gasteiger charge is -2.45. The third-order valence-corrected chi connectivity index (χ3v) is 20.7. The van der Waals surface area contributed by atoms with Crippen LogP contribution in [0.25, 0.3) is 0 Å². The molecule has 0 spiro atoms. The lowest BCUT2D eigenvalue weighted by atomic mass is 9.97. The summed E-state index contributed by atoms with van der Waals surface area (Å²) < 4.78 is 102. The number of methoxy groups -OCH3 is 1. The summed E-state index contributed by atoms with van der Waals surface area (Å²) in [6, 6.07) is 121. The highest BCUT2D eigenvalue weighted by Crippen LogP contribution is 2.34. The Balaban J connectivity index is 0.000000156. The normalized spacial score (nSPS) is 22.1.